The van der Waals surface area contributed by atoms with E-state index in [0.717, 1.165) is 12.8 Å². The number of hydrogen-bond donors (Lipinski definition) is 4. The van der Waals surface area contributed by atoms with Crippen molar-refractivity contribution < 1.29 is 29.9 Å². The van der Waals surface area contributed by atoms with Crippen LogP contribution in [0.25, 0.3) is 0 Å². The van der Waals surface area contributed by atoms with Crippen molar-refractivity contribution in [3.05, 3.63) is 0 Å². The van der Waals surface area contributed by atoms with Gasteiger partial charge < -0.3 is 29.9 Å². The Kier molecular flexibility index (Phi) is 18.8. The number of ether oxygens (including phenoxy) is 2. The van der Waals surface area contributed by atoms with Crippen LogP contribution in [0.3, 0.4) is 0 Å². The fourth-order valence-electron chi connectivity index (χ4n) is 4.41. The minimum Gasteiger partial charge on any atom is -0.394 e. The highest BCUT2D eigenvalue weighted by molar-refractivity contribution is 4.88. The summed E-state index contributed by atoms with van der Waals surface area (Å²) in [4.78, 5) is 0. The third-order valence-electron chi connectivity index (χ3n) is 6.63. The Morgan fingerprint density at radius 3 is 1.38 bits per heavy atom. The van der Waals surface area contributed by atoms with Crippen LogP contribution in [-0.4, -0.2) is 64.3 Å². The summed E-state index contributed by atoms with van der Waals surface area (Å²) in [6.45, 7) is 2.28. The zero-order valence-corrected chi connectivity index (χ0v) is 20.6. The van der Waals surface area contributed by atoms with E-state index < -0.39 is 37.3 Å². The van der Waals surface area contributed by atoms with Crippen LogP contribution in [0.5, 0.6) is 0 Å². The standard InChI is InChI=1S/C26H52O6/c1-2-3-4-5-6-7-8-9-10-11-12-13-14-15-16-17-18-19-20-31-26-25(30)24(29)23(28)22(21-27)32-26/h22-30H,2-21H2,1H3/t22-,23+,24+,25-,26+/m1/s1. The van der Waals surface area contributed by atoms with E-state index in [2.05, 4.69) is 6.92 Å². The minimum absolute atomic E-state index is 0.427. The van der Waals surface area contributed by atoms with Gasteiger partial charge in [0, 0.05) is 6.61 Å². The van der Waals surface area contributed by atoms with Crippen LogP contribution in [-0.2, 0) is 9.47 Å². The SMILES string of the molecule is CCCCCCCCCCCCCCCCCCCCO[C@H]1O[C@H](CO)[C@H](O)[C@H](O)[C@H]1O. The first-order chi connectivity index (χ1) is 15.6. The van der Waals surface area contributed by atoms with Crippen molar-refractivity contribution in [1.29, 1.82) is 0 Å². The van der Waals surface area contributed by atoms with Crippen LogP contribution in [0, 0.1) is 0 Å². The maximum Gasteiger partial charge on any atom is 0.186 e. The van der Waals surface area contributed by atoms with Gasteiger partial charge in [-0.2, -0.15) is 0 Å². The van der Waals surface area contributed by atoms with Gasteiger partial charge in [-0.25, -0.2) is 0 Å². The molecule has 192 valence electrons. The van der Waals surface area contributed by atoms with Gasteiger partial charge in [0.2, 0.25) is 0 Å². The Balaban J connectivity index is 1.82. The second-order valence-corrected chi connectivity index (χ2v) is 9.58. The summed E-state index contributed by atoms with van der Waals surface area (Å²) in [6, 6.07) is 0. The summed E-state index contributed by atoms with van der Waals surface area (Å²) >= 11 is 0. The van der Waals surface area contributed by atoms with Crippen molar-refractivity contribution in [2.24, 2.45) is 0 Å². The van der Waals surface area contributed by atoms with Crippen molar-refractivity contribution in [3.8, 4) is 0 Å². The van der Waals surface area contributed by atoms with Gasteiger partial charge in [-0.3, -0.25) is 0 Å². The van der Waals surface area contributed by atoms with E-state index in [1.165, 1.54) is 103 Å². The molecule has 1 heterocycles. The highest BCUT2D eigenvalue weighted by atomic mass is 16.7. The van der Waals surface area contributed by atoms with Crippen LogP contribution >= 0.6 is 0 Å². The lowest BCUT2D eigenvalue weighted by molar-refractivity contribution is -0.301. The molecule has 0 aromatic heterocycles. The second kappa shape index (κ2) is 20.2. The number of hydrogen-bond acceptors (Lipinski definition) is 6. The molecule has 0 bridgehead atoms. The number of aliphatic hydroxyl groups excluding tert-OH is 4. The third-order valence-corrected chi connectivity index (χ3v) is 6.63. The Morgan fingerprint density at radius 2 is 0.969 bits per heavy atom. The van der Waals surface area contributed by atoms with Gasteiger partial charge in [0.05, 0.1) is 6.61 Å². The average Bonchev–Trinajstić information content (AvgIpc) is 2.80. The topological polar surface area (TPSA) is 99.4 Å². The maximum atomic E-state index is 9.93. The van der Waals surface area contributed by atoms with Crippen LogP contribution in [0.15, 0.2) is 0 Å². The van der Waals surface area contributed by atoms with E-state index in [1.54, 1.807) is 0 Å². The first-order valence-corrected chi connectivity index (χ1v) is 13.5. The molecule has 0 radical (unpaired) electrons. The fraction of sp³-hybridized carbons (Fsp3) is 1.00. The molecule has 1 rings (SSSR count). The molecule has 0 aromatic rings. The zero-order chi connectivity index (χ0) is 23.4. The summed E-state index contributed by atoms with van der Waals surface area (Å²) in [7, 11) is 0. The fourth-order valence-corrected chi connectivity index (χ4v) is 4.41. The number of aliphatic hydroxyl groups is 4. The normalized spacial score (nSPS) is 26.0. The predicted octanol–water partition coefficient (Wildman–Crippen LogP) is 4.84. The van der Waals surface area contributed by atoms with Crippen molar-refractivity contribution >= 4 is 0 Å². The van der Waals surface area contributed by atoms with Gasteiger partial charge in [0.1, 0.15) is 24.4 Å². The van der Waals surface area contributed by atoms with Gasteiger partial charge in [-0.05, 0) is 6.42 Å². The molecule has 0 amide bonds. The van der Waals surface area contributed by atoms with E-state index in [-0.39, 0.29) is 0 Å². The molecular formula is C26H52O6. The lowest BCUT2D eigenvalue weighted by Crippen LogP contribution is -2.59. The zero-order valence-electron chi connectivity index (χ0n) is 20.6. The maximum absolute atomic E-state index is 9.93. The monoisotopic (exact) mass is 460 g/mol. The van der Waals surface area contributed by atoms with Gasteiger partial charge in [0.15, 0.2) is 6.29 Å². The van der Waals surface area contributed by atoms with Gasteiger partial charge >= 0.3 is 0 Å². The average molecular weight is 461 g/mol. The van der Waals surface area contributed by atoms with Crippen molar-refractivity contribution in [3.63, 3.8) is 0 Å². The van der Waals surface area contributed by atoms with Crippen molar-refractivity contribution in [1.82, 2.24) is 0 Å². The summed E-state index contributed by atoms with van der Waals surface area (Å²) in [6.07, 6.45) is 17.9. The van der Waals surface area contributed by atoms with E-state index in [0.29, 0.717) is 6.61 Å². The molecule has 32 heavy (non-hydrogen) atoms. The molecule has 1 saturated heterocycles. The lowest BCUT2D eigenvalue weighted by atomic mass is 9.99. The van der Waals surface area contributed by atoms with Crippen LogP contribution in [0.4, 0.5) is 0 Å². The molecule has 0 saturated carbocycles. The molecule has 5 atom stereocenters. The molecule has 4 N–H and O–H groups in total. The van der Waals surface area contributed by atoms with Crippen molar-refractivity contribution in [2.45, 2.75) is 153 Å². The van der Waals surface area contributed by atoms with Crippen LogP contribution in [0.1, 0.15) is 122 Å². The third kappa shape index (κ3) is 13.5. The summed E-state index contributed by atoms with van der Waals surface area (Å²) in [5.74, 6) is 0. The largest absolute Gasteiger partial charge is 0.394 e. The molecule has 0 aliphatic carbocycles. The first kappa shape index (κ1) is 29.8. The quantitative estimate of drug-likeness (QED) is 0.183. The first-order valence-electron chi connectivity index (χ1n) is 13.5. The van der Waals surface area contributed by atoms with Gasteiger partial charge in [-0.15, -0.1) is 0 Å². The molecule has 0 spiro atoms. The molecule has 0 unspecified atom stereocenters. The highest BCUT2D eigenvalue weighted by Gasteiger charge is 2.43. The number of unbranched alkanes of at least 4 members (excludes halogenated alkanes) is 17. The molecule has 1 aliphatic heterocycles. The molecule has 6 heteroatoms. The second-order valence-electron chi connectivity index (χ2n) is 9.58. The molecule has 1 fully saturated rings. The minimum atomic E-state index is -1.37. The Morgan fingerprint density at radius 1 is 0.562 bits per heavy atom. The Hall–Kier alpha value is -0.240. The summed E-state index contributed by atoms with van der Waals surface area (Å²) in [5, 5.41) is 38.6. The van der Waals surface area contributed by atoms with Gasteiger partial charge in [0.25, 0.3) is 0 Å². The van der Waals surface area contributed by atoms with Gasteiger partial charge in [-0.1, -0.05) is 116 Å². The van der Waals surface area contributed by atoms with Crippen LogP contribution in [0.2, 0.25) is 0 Å². The van der Waals surface area contributed by atoms with Crippen LogP contribution < -0.4 is 0 Å². The molecular weight excluding hydrogens is 408 g/mol. The summed E-state index contributed by atoms with van der Waals surface area (Å²) < 4.78 is 10.9. The lowest BCUT2D eigenvalue weighted by Gasteiger charge is -2.39. The smallest absolute Gasteiger partial charge is 0.186 e. The molecule has 1 aliphatic rings. The highest BCUT2D eigenvalue weighted by Crippen LogP contribution is 2.22. The van der Waals surface area contributed by atoms with E-state index in [1.807, 2.05) is 0 Å². The molecule has 6 nitrogen and oxygen atoms in total. The van der Waals surface area contributed by atoms with E-state index in [9.17, 15) is 20.4 Å². The Labute approximate surface area is 196 Å². The Bertz CT molecular complexity index is 406. The van der Waals surface area contributed by atoms with E-state index in [4.69, 9.17) is 9.47 Å². The van der Waals surface area contributed by atoms with E-state index >= 15 is 0 Å². The molecule has 0 aromatic carbocycles. The van der Waals surface area contributed by atoms with Crippen molar-refractivity contribution in [2.75, 3.05) is 13.2 Å². The number of rotatable bonds is 21. The predicted molar refractivity (Wildman–Crippen MR) is 128 cm³/mol. The summed E-state index contributed by atoms with van der Waals surface area (Å²) in [5.41, 5.74) is 0.